The molecule has 5 rings (SSSR count). The first-order chi connectivity index (χ1) is 13.8. The van der Waals surface area contributed by atoms with Crippen molar-refractivity contribution in [3.8, 4) is 11.6 Å². The zero-order valence-corrected chi connectivity index (χ0v) is 16.2. The van der Waals surface area contributed by atoms with Gasteiger partial charge in [-0.25, -0.2) is 9.67 Å². The fraction of sp³-hybridized carbons (Fsp3) is 0.273. The van der Waals surface area contributed by atoms with Crippen LogP contribution in [0.25, 0.3) is 11.9 Å². The molecule has 2 aromatic heterocycles. The van der Waals surface area contributed by atoms with E-state index in [0.29, 0.717) is 12.6 Å². The molecule has 0 saturated heterocycles. The average Bonchev–Trinajstić information content (AvgIpc) is 3.17. The highest BCUT2D eigenvalue weighted by Crippen LogP contribution is 2.32. The van der Waals surface area contributed by atoms with Crippen LogP contribution in [0.1, 0.15) is 35.7 Å². The molecule has 0 bridgehead atoms. The van der Waals surface area contributed by atoms with E-state index in [1.54, 1.807) is 0 Å². The van der Waals surface area contributed by atoms with Crippen LogP contribution in [-0.2, 0) is 6.42 Å². The van der Waals surface area contributed by atoms with Crippen LogP contribution in [0.5, 0.6) is 5.75 Å². The van der Waals surface area contributed by atoms with Crippen LogP contribution in [0.15, 0.2) is 54.4 Å². The molecule has 0 spiro atoms. The van der Waals surface area contributed by atoms with Crippen LogP contribution in [0, 0.1) is 0 Å². The van der Waals surface area contributed by atoms with Gasteiger partial charge in [-0.05, 0) is 61.2 Å². The van der Waals surface area contributed by atoms with Gasteiger partial charge in [0.1, 0.15) is 12.4 Å². The molecule has 0 unspecified atom stereocenters. The van der Waals surface area contributed by atoms with Gasteiger partial charge in [0.15, 0.2) is 5.82 Å². The van der Waals surface area contributed by atoms with Gasteiger partial charge in [-0.2, -0.15) is 5.10 Å². The van der Waals surface area contributed by atoms with Gasteiger partial charge in [0, 0.05) is 34.9 Å². The van der Waals surface area contributed by atoms with Crippen molar-refractivity contribution in [3.05, 3.63) is 76.2 Å². The summed E-state index contributed by atoms with van der Waals surface area (Å²) < 4.78 is 7.85. The van der Waals surface area contributed by atoms with E-state index in [1.807, 2.05) is 53.5 Å². The Balaban J connectivity index is 1.34. The molecule has 0 fully saturated rings. The summed E-state index contributed by atoms with van der Waals surface area (Å²) in [4.78, 5) is 4.45. The number of hydrogen-bond donors (Lipinski definition) is 1. The third-order valence-electron chi connectivity index (χ3n) is 5.37. The molecule has 1 aromatic carbocycles. The molecular weight excluding hydrogens is 372 g/mol. The minimum absolute atomic E-state index is 0.294. The lowest BCUT2D eigenvalue weighted by Crippen LogP contribution is -2.28. The van der Waals surface area contributed by atoms with Gasteiger partial charge >= 0.3 is 0 Å². The summed E-state index contributed by atoms with van der Waals surface area (Å²) in [6.45, 7) is 1.39. The molecule has 0 amide bonds. The van der Waals surface area contributed by atoms with E-state index in [9.17, 15) is 0 Å². The SMILES string of the molecule is Clc1ccc2c(c1)C=C(CN[C@H]1CCCc3c1cnn3-c1ccccn1)CO2. The maximum absolute atomic E-state index is 6.12. The third-order valence-corrected chi connectivity index (χ3v) is 5.60. The summed E-state index contributed by atoms with van der Waals surface area (Å²) in [5.74, 6) is 1.77. The van der Waals surface area contributed by atoms with Crippen molar-refractivity contribution in [1.82, 2.24) is 20.1 Å². The Morgan fingerprint density at radius 3 is 3.11 bits per heavy atom. The van der Waals surface area contributed by atoms with E-state index < -0.39 is 0 Å². The zero-order valence-electron chi connectivity index (χ0n) is 15.4. The van der Waals surface area contributed by atoms with E-state index >= 15 is 0 Å². The summed E-state index contributed by atoms with van der Waals surface area (Å²) in [6.07, 6.45) is 9.25. The quantitative estimate of drug-likeness (QED) is 0.716. The fourth-order valence-corrected chi connectivity index (χ4v) is 4.18. The topological polar surface area (TPSA) is 52.0 Å². The fourth-order valence-electron chi connectivity index (χ4n) is 4.00. The van der Waals surface area contributed by atoms with E-state index in [1.165, 1.54) is 16.8 Å². The number of ether oxygens (including phenoxy) is 1. The first-order valence-electron chi connectivity index (χ1n) is 9.61. The highest BCUT2D eigenvalue weighted by molar-refractivity contribution is 6.30. The van der Waals surface area contributed by atoms with E-state index in [0.717, 1.165) is 48.0 Å². The Labute approximate surface area is 169 Å². The summed E-state index contributed by atoms with van der Waals surface area (Å²) >= 11 is 6.12. The van der Waals surface area contributed by atoms with E-state index in [2.05, 4.69) is 21.5 Å². The second kappa shape index (κ2) is 7.41. The molecule has 28 heavy (non-hydrogen) atoms. The number of fused-ring (bicyclic) bond motifs is 2. The number of benzene rings is 1. The Morgan fingerprint density at radius 1 is 1.25 bits per heavy atom. The molecule has 1 aliphatic carbocycles. The van der Waals surface area contributed by atoms with Crippen molar-refractivity contribution in [2.75, 3.05) is 13.2 Å². The number of halogens is 1. The van der Waals surface area contributed by atoms with Gasteiger partial charge in [-0.1, -0.05) is 17.7 Å². The lowest BCUT2D eigenvalue weighted by Gasteiger charge is -2.26. The summed E-state index contributed by atoms with van der Waals surface area (Å²) in [7, 11) is 0. The normalized spacial score (nSPS) is 18.0. The first-order valence-corrected chi connectivity index (χ1v) is 9.99. The van der Waals surface area contributed by atoms with Crippen LogP contribution in [0.4, 0.5) is 0 Å². The summed E-state index contributed by atoms with van der Waals surface area (Å²) in [6, 6.07) is 12.0. The first kappa shape index (κ1) is 17.5. The minimum Gasteiger partial charge on any atom is -0.489 e. The Hall–Kier alpha value is -2.63. The van der Waals surface area contributed by atoms with Crippen LogP contribution >= 0.6 is 11.6 Å². The second-order valence-corrected chi connectivity index (χ2v) is 7.68. The third kappa shape index (κ3) is 3.32. The number of hydrogen-bond acceptors (Lipinski definition) is 4. The molecule has 6 heteroatoms. The molecule has 3 heterocycles. The number of nitrogens with one attached hydrogen (secondary N) is 1. The Bertz CT molecular complexity index is 1030. The summed E-state index contributed by atoms with van der Waals surface area (Å²) in [5.41, 5.74) is 4.80. The Kier molecular flexibility index (Phi) is 4.63. The van der Waals surface area contributed by atoms with Crippen molar-refractivity contribution in [2.45, 2.75) is 25.3 Å². The van der Waals surface area contributed by atoms with Crippen LogP contribution in [0.3, 0.4) is 0 Å². The van der Waals surface area contributed by atoms with E-state index in [4.69, 9.17) is 16.3 Å². The minimum atomic E-state index is 0.294. The van der Waals surface area contributed by atoms with Crippen molar-refractivity contribution >= 4 is 17.7 Å². The Morgan fingerprint density at radius 2 is 2.21 bits per heavy atom. The molecule has 5 nitrogen and oxygen atoms in total. The van der Waals surface area contributed by atoms with Gasteiger partial charge in [0.2, 0.25) is 0 Å². The molecule has 1 atom stereocenters. The molecule has 2 aliphatic rings. The van der Waals surface area contributed by atoms with Gasteiger partial charge in [0.05, 0.1) is 11.9 Å². The average molecular weight is 393 g/mol. The lowest BCUT2D eigenvalue weighted by molar-refractivity contribution is 0.339. The van der Waals surface area contributed by atoms with Crippen LogP contribution in [-0.4, -0.2) is 27.9 Å². The van der Waals surface area contributed by atoms with E-state index in [-0.39, 0.29) is 0 Å². The number of nitrogens with zero attached hydrogens (tertiary/aromatic N) is 3. The van der Waals surface area contributed by atoms with Crippen LogP contribution in [0.2, 0.25) is 5.02 Å². The maximum Gasteiger partial charge on any atom is 0.153 e. The molecule has 142 valence electrons. The molecule has 0 saturated carbocycles. The predicted octanol–water partition coefficient (Wildman–Crippen LogP) is 4.36. The molecule has 0 radical (unpaired) electrons. The number of rotatable bonds is 4. The smallest absolute Gasteiger partial charge is 0.153 e. The second-order valence-electron chi connectivity index (χ2n) is 7.25. The van der Waals surface area contributed by atoms with Crippen LogP contribution < -0.4 is 10.1 Å². The molecule has 1 N–H and O–H groups in total. The number of pyridine rings is 1. The van der Waals surface area contributed by atoms with Crippen molar-refractivity contribution in [1.29, 1.82) is 0 Å². The zero-order chi connectivity index (χ0) is 18.9. The standard InChI is InChI=1S/C22H21ClN4O/c23-17-7-8-21-16(11-17)10-15(14-28-21)12-25-19-4-3-5-20-18(19)13-26-27(20)22-6-1-2-9-24-22/h1-2,6-11,13,19,25H,3-5,12,14H2/t19-/m0/s1. The summed E-state index contributed by atoms with van der Waals surface area (Å²) in [5, 5.41) is 9.04. The van der Waals surface area contributed by atoms with Gasteiger partial charge in [0.25, 0.3) is 0 Å². The van der Waals surface area contributed by atoms with Gasteiger partial charge in [-0.3, -0.25) is 0 Å². The maximum atomic E-state index is 6.12. The van der Waals surface area contributed by atoms with Crippen molar-refractivity contribution < 1.29 is 4.74 Å². The highest BCUT2D eigenvalue weighted by atomic mass is 35.5. The molecular formula is C22H21ClN4O. The molecule has 3 aromatic rings. The predicted molar refractivity (Wildman–Crippen MR) is 110 cm³/mol. The lowest BCUT2D eigenvalue weighted by atomic mass is 9.92. The van der Waals surface area contributed by atoms with Crippen molar-refractivity contribution in [2.24, 2.45) is 0 Å². The highest BCUT2D eigenvalue weighted by Gasteiger charge is 2.25. The molecule has 1 aliphatic heterocycles. The van der Waals surface area contributed by atoms with Crippen molar-refractivity contribution in [3.63, 3.8) is 0 Å². The van der Waals surface area contributed by atoms with Gasteiger partial charge in [-0.15, -0.1) is 0 Å². The largest absolute Gasteiger partial charge is 0.489 e. The monoisotopic (exact) mass is 392 g/mol. The van der Waals surface area contributed by atoms with Gasteiger partial charge < -0.3 is 10.1 Å². The number of aromatic nitrogens is 3.